The minimum Gasteiger partial charge on any atom is -0.508 e. The van der Waals surface area contributed by atoms with E-state index in [1.165, 1.54) is 0 Å². The molecule has 1 aromatic carbocycles. The second kappa shape index (κ2) is 5.27. The van der Waals surface area contributed by atoms with Crippen molar-refractivity contribution >= 4 is 5.95 Å². The van der Waals surface area contributed by atoms with Crippen LogP contribution in [0.15, 0.2) is 36.7 Å². The molecule has 88 valence electrons. The van der Waals surface area contributed by atoms with Gasteiger partial charge in [-0.2, -0.15) is 0 Å². The number of nitrogens with two attached hydrogens (primary N) is 1. The summed E-state index contributed by atoms with van der Waals surface area (Å²) < 4.78 is 0. The predicted molar refractivity (Wildman–Crippen MR) is 66.7 cm³/mol. The van der Waals surface area contributed by atoms with Crippen LogP contribution in [0.3, 0.4) is 0 Å². The summed E-state index contributed by atoms with van der Waals surface area (Å²) in [5, 5.41) is 12.2. The van der Waals surface area contributed by atoms with Crippen molar-refractivity contribution < 1.29 is 5.11 Å². The molecule has 0 fully saturated rings. The lowest BCUT2D eigenvalue weighted by Gasteiger charge is -2.04. The number of benzene rings is 1. The van der Waals surface area contributed by atoms with Crippen LogP contribution in [0.25, 0.3) is 11.1 Å². The molecule has 0 amide bonds. The summed E-state index contributed by atoms with van der Waals surface area (Å²) in [6, 6.07) is 6.91. The first kappa shape index (κ1) is 11.3. The summed E-state index contributed by atoms with van der Waals surface area (Å²) in [5.74, 6) is 0.814. The van der Waals surface area contributed by atoms with Crippen LogP contribution in [0.4, 0.5) is 5.95 Å². The lowest BCUT2D eigenvalue weighted by Crippen LogP contribution is -2.14. The highest BCUT2D eigenvalue weighted by atomic mass is 16.3. The van der Waals surface area contributed by atoms with Crippen LogP contribution in [0.2, 0.25) is 0 Å². The molecule has 0 radical (unpaired) electrons. The summed E-state index contributed by atoms with van der Waals surface area (Å²) in [4.78, 5) is 8.35. The van der Waals surface area contributed by atoms with Gasteiger partial charge in [0, 0.05) is 31.0 Å². The Bertz CT molecular complexity index is 467. The molecular weight excluding hydrogens is 216 g/mol. The zero-order valence-electron chi connectivity index (χ0n) is 9.30. The smallest absolute Gasteiger partial charge is 0.222 e. The van der Waals surface area contributed by atoms with E-state index in [0.717, 1.165) is 11.1 Å². The molecule has 5 heteroatoms. The van der Waals surface area contributed by atoms with Crippen molar-refractivity contribution in [3.05, 3.63) is 36.7 Å². The molecular formula is C12H14N4O. The van der Waals surface area contributed by atoms with Gasteiger partial charge < -0.3 is 16.2 Å². The number of hydrogen-bond donors (Lipinski definition) is 3. The number of hydrogen-bond acceptors (Lipinski definition) is 5. The van der Waals surface area contributed by atoms with E-state index in [-0.39, 0.29) is 5.75 Å². The van der Waals surface area contributed by atoms with Gasteiger partial charge in [-0.3, -0.25) is 0 Å². The Kier molecular flexibility index (Phi) is 3.52. The van der Waals surface area contributed by atoms with Crippen LogP contribution in [0.5, 0.6) is 5.75 Å². The molecule has 1 aromatic heterocycles. The first-order valence-electron chi connectivity index (χ1n) is 5.35. The van der Waals surface area contributed by atoms with E-state index in [2.05, 4.69) is 15.3 Å². The number of nitrogens with zero attached hydrogens (tertiary/aromatic N) is 2. The molecule has 5 nitrogen and oxygen atoms in total. The van der Waals surface area contributed by atoms with Gasteiger partial charge in [0.2, 0.25) is 5.95 Å². The highest BCUT2D eigenvalue weighted by Gasteiger charge is 2.00. The average molecular weight is 230 g/mol. The van der Waals surface area contributed by atoms with Crippen LogP contribution < -0.4 is 11.1 Å². The maximum Gasteiger partial charge on any atom is 0.222 e. The number of rotatable bonds is 4. The third-order valence-electron chi connectivity index (χ3n) is 2.28. The molecule has 0 aliphatic carbocycles. The molecule has 0 aliphatic rings. The lowest BCUT2D eigenvalue weighted by molar-refractivity contribution is 0.475. The van der Waals surface area contributed by atoms with Crippen LogP contribution >= 0.6 is 0 Å². The monoisotopic (exact) mass is 230 g/mol. The first-order chi connectivity index (χ1) is 8.29. The van der Waals surface area contributed by atoms with Crippen LogP contribution in [0, 0.1) is 0 Å². The molecule has 17 heavy (non-hydrogen) atoms. The number of aromatic hydroxyl groups is 1. The lowest BCUT2D eigenvalue weighted by atomic mass is 10.1. The van der Waals surface area contributed by atoms with Gasteiger partial charge in [0.05, 0.1) is 0 Å². The number of aromatic nitrogens is 2. The van der Waals surface area contributed by atoms with Crippen molar-refractivity contribution in [1.82, 2.24) is 9.97 Å². The Morgan fingerprint density at radius 2 is 1.71 bits per heavy atom. The predicted octanol–water partition coefficient (Wildman–Crippen LogP) is 1.22. The molecule has 0 saturated heterocycles. The van der Waals surface area contributed by atoms with E-state index in [9.17, 15) is 5.11 Å². The summed E-state index contributed by atoms with van der Waals surface area (Å²) in [7, 11) is 0. The Balaban J connectivity index is 2.14. The minimum atomic E-state index is 0.246. The fourth-order valence-electron chi connectivity index (χ4n) is 1.41. The number of nitrogens with one attached hydrogen (secondary N) is 1. The van der Waals surface area contributed by atoms with Gasteiger partial charge in [-0.25, -0.2) is 9.97 Å². The van der Waals surface area contributed by atoms with Crippen molar-refractivity contribution in [2.24, 2.45) is 5.73 Å². The van der Waals surface area contributed by atoms with Gasteiger partial charge in [0.15, 0.2) is 0 Å². The topological polar surface area (TPSA) is 84.1 Å². The fourth-order valence-corrected chi connectivity index (χ4v) is 1.41. The third-order valence-corrected chi connectivity index (χ3v) is 2.28. The molecule has 0 atom stereocenters. The summed E-state index contributed by atoms with van der Waals surface area (Å²) in [6.45, 7) is 1.20. The van der Waals surface area contributed by atoms with Crippen molar-refractivity contribution in [1.29, 1.82) is 0 Å². The minimum absolute atomic E-state index is 0.246. The van der Waals surface area contributed by atoms with Gasteiger partial charge in [-0.15, -0.1) is 0 Å². The second-order valence-electron chi connectivity index (χ2n) is 3.56. The number of phenolic OH excluding ortho intramolecular Hbond substituents is 1. The van der Waals surface area contributed by atoms with Crippen molar-refractivity contribution in [3.8, 4) is 16.9 Å². The molecule has 0 unspecified atom stereocenters. The Morgan fingerprint density at radius 3 is 2.29 bits per heavy atom. The molecule has 2 aromatic rings. The molecule has 0 bridgehead atoms. The molecule has 1 heterocycles. The van der Waals surface area contributed by atoms with Gasteiger partial charge in [0.25, 0.3) is 0 Å². The van der Waals surface area contributed by atoms with E-state index in [4.69, 9.17) is 5.73 Å². The second-order valence-corrected chi connectivity index (χ2v) is 3.56. The summed E-state index contributed by atoms with van der Waals surface area (Å²) >= 11 is 0. The van der Waals surface area contributed by atoms with E-state index in [1.54, 1.807) is 24.5 Å². The fraction of sp³-hybridized carbons (Fsp3) is 0.167. The normalized spacial score (nSPS) is 10.2. The van der Waals surface area contributed by atoms with Crippen LogP contribution in [-0.4, -0.2) is 28.2 Å². The molecule has 4 N–H and O–H groups in total. The third kappa shape index (κ3) is 2.92. The molecule has 0 saturated carbocycles. The largest absolute Gasteiger partial charge is 0.508 e. The van der Waals surface area contributed by atoms with E-state index < -0.39 is 0 Å². The van der Waals surface area contributed by atoms with Crippen molar-refractivity contribution in [2.75, 3.05) is 18.4 Å². The zero-order chi connectivity index (χ0) is 12.1. The SMILES string of the molecule is NCCNc1ncc(-c2ccc(O)cc2)cn1. The van der Waals surface area contributed by atoms with Gasteiger partial charge >= 0.3 is 0 Å². The Hall–Kier alpha value is -2.14. The van der Waals surface area contributed by atoms with Gasteiger partial charge in [-0.1, -0.05) is 12.1 Å². The number of anilines is 1. The van der Waals surface area contributed by atoms with Gasteiger partial charge in [0.1, 0.15) is 5.75 Å². The average Bonchev–Trinajstić information content (AvgIpc) is 2.38. The Morgan fingerprint density at radius 1 is 1.06 bits per heavy atom. The molecule has 0 aliphatic heterocycles. The van der Waals surface area contributed by atoms with E-state index in [1.807, 2.05) is 12.1 Å². The van der Waals surface area contributed by atoms with E-state index in [0.29, 0.717) is 19.0 Å². The Labute approximate surface area is 99.3 Å². The van der Waals surface area contributed by atoms with Crippen LogP contribution in [0.1, 0.15) is 0 Å². The highest BCUT2D eigenvalue weighted by molar-refractivity contribution is 5.62. The van der Waals surface area contributed by atoms with Gasteiger partial charge in [-0.05, 0) is 17.7 Å². The molecule has 2 rings (SSSR count). The quantitative estimate of drug-likeness (QED) is 0.735. The number of phenols is 1. The van der Waals surface area contributed by atoms with E-state index >= 15 is 0 Å². The summed E-state index contributed by atoms with van der Waals surface area (Å²) in [6.07, 6.45) is 3.47. The first-order valence-corrected chi connectivity index (χ1v) is 5.35. The maximum absolute atomic E-state index is 9.19. The maximum atomic E-state index is 9.19. The van der Waals surface area contributed by atoms with Crippen molar-refractivity contribution in [3.63, 3.8) is 0 Å². The zero-order valence-corrected chi connectivity index (χ0v) is 9.30. The standard InChI is InChI=1S/C12H14N4O/c13-5-6-14-12-15-7-10(8-16-12)9-1-3-11(17)4-2-9/h1-4,7-8,17H,5-6,13H2,(H,14,15,16). The highest BCUT2D eigenvalue weighted by Crippen LogP contribution is 2.20. The van der Waals surface area contributed by atoms with Crippen LogP contribution in [-0.2, 0) is 0 Å². The molecule has 0 spiro atoms. The summed E-state index contributed by atoms with van der Waals surface area (Å²) in [5.41, 5.74) is 7.24. The van der Waals surface area contributed by atoms with Crippen molar-refractivity contribution in [2.45, 2.75) is 0 Å².